The van der Waals surface area contributed by atoms with Crippen LogP contribution in [0.4, 0.5) is 0 Å². The van der Waals surface area contributed by atoms with Gasteiger partial charge in [0.15, 0.2) is 34.4 Å². The van der Waals surface area contributed by atoms with Gasteiger partial charge in [-0.3, -0.25) is 0 Å². The Labute approximate surface area is 288 Å². The molecule has 0 radical (unpaired) electrons. The molecule has 8 nitrogen and oxygen atoms in total. The van der Waals surface area contributed by atoms with Crippen LogP contribution in [0.5, 0.6) is 23.0 Å². The zero-order valence-corrected chi connectivity index (χ0v) is 31.5. The van der Waals surface area contributed by atoms with Gasteiger partial charge in [0.05, 0.1) is 0 Å². The molecule has 2 aromatic carbocycles. The molecule has 0 saturated carbocycles. The Hall–Kier alpha value is -0.0265. The maximum absolute atomic E-state index is 5.21. The fourth-order valence-corrected chi connectivity index (χ4v) is 8.55. The third-order valence-corrected chi connectivity index (χ3v) is 10.1. The van der Waals surface area contributed by atoms with E-state index in [1.54, 1.807) is 24.3 Å². The van der Waals surface area contributed by atoms with Gasteiger partial charge in [-0.2, -0.15) is 0 Å². The monoisotopic (exact) mass is 748 g/mol. The van der Waals surface area contributed by atoms with Gasteiger partial charge in [0.2, 0.25) is 0 Å². The number of benzene rings is 2. The van der Waals surface area contributed by atoms with Crippen molar-refractivity contribution in [2.24, 2.45) is 0 Å². The summed E-state index contributed by atoms with van der Waals surface area (Å²) in [4.78, 5) is 0. The summed E-state index contributed by atoms with van der Waals surface area (Å²) in [5, 5.41) is 14.6. The average Bonchev–Trinajstić information content (AvgIpc) is 3.36. The van der Waals surface area contributed by atoms with Crippen LogP contribution in [0.2, 0.25) is 0 Å². The second-order valence-corrected chi connectivity index (χ2v) is 21.6. The molecule has 0 aromatic heterocycles. The molecule has 3 aliphatic heterocycles. The van der Waals surface area contributed by atoms with Gasteiger partial charge in [0.1, 0.15) is 0 Å². The first kappa shape index (κ1) is 39.2. The molecule has 3 aliphatic rings. The zero-order valence-electron chi connectivity index (χ0n) is 25.5. The Morgan fingerprint density at radius 1 is 0.628 bits per heavy atom. The molecule has 3 heterocycles. The Bertz CT molecular complexity index is 1120. The molecule has 0 amide bonds. The molecule has 0 spiro atoms. The normalized spacial score (nSPS) is 24.8. The van der Waals surface area contributed by atoms with Crippen LogP contribution < -0.4 is 39.4 Å². The summed E-state index contributed by atoms with van der Waals surface area (Å²) in [6.07, 6.45) is 2.29. The van der Waals surface area contributed by atoms with Crippen molar-refractivity contribution in [1.29, 1.82) is 0 Å². The van der Waals surface area contributed by atoms with Gasteiger partial charge in [0.25, 0.3) is 0 Å². The molecule has 5 rings (SSSR count). The van der Waals surface area contributed by atoms with Gasteiger partial charge in [0, 0.05) is 49.3 Å². The van der Waals surface area contributed by atoms with Crippen molar-refractivity contribution >= 4 is 59.5 Å². The van der Waals surface area contributed by atoms with Crippen molar-refractivity contribution in [3.05, 3.63) is 48.5 Å². The van der Waals surface area contributed by atoms with Crippen LogP contribution in [0.1, 0.15) is 54.4 Å². The van der Waals surface area contributed by atoms with Crippen molar-refractivity contribution < 1.29 is 34.6 Å². The van der Waals surface area contributed by atoms with Gasteiger partial charge >= 0.3 is 16.5 Å². The Morgan fingerprint density at radius 2 is 0.907 bits per heavy atom. The predicted octanol–water partition coefficient (Wildman–Crippen LogP) is 5.93. The largest absolute Gasteiger partial charge is 2.00 e. The van der Waals surface area contributed by atoms with E-state index in [0.717, 1.165) is 39.0 Å². The summed E-state index contributed by atoms with van der Waals surface area (Å²) >= 11 is 19.6. The van der Waals surface area contributed by atoms with Crippen molar-refractivity contribution in [3.63, 3.8) is 0 Å². The van der Waals surface area contributed by atoms with Crippen LogP contribution in [-0.4, -0.2) is 49.3 Å². The standard InChI is InChI=1S/C16H36N4.2C6H5O2PS2.Ni/c1-13-11-15(3,4)19-10-8-18-14(2)12-16(5,6)20-9-7-17-13;2*10-9(11)7-5-3-1-2-4-6(5)8-9;/h13-14,17-20H,7-12H2,1-6H3;2*1-4H,(H,10,11);/q;;;+2/p-2/t13-,14+;;;. The van der Waals surface area contributed by atoms with Crippen molar-refractivity contribution in [3.8, 4) is 23.0 Å². The molecule has 2 atom stereocenters. The first-order chi connectivity index (χ1) is 19.5. The minimum absolute atomic E-state index is 0. The smallest absolute Gasteiger partial charge is 0.665 e. The number of rotatable bonds is 0. The minimum atomic E-state index is -2.41. The number of hydrogen-bond donors (Lipinski definition) is 4. The molecule has 43 heavy (non-hydrogen) atoms. The molecule has 0 aliphatic carbocycles. The van der Waals surface area contributed by atoms with Crippen molar-refractivity contribution in [1.82, 2.24) is 21.3 Å². The number of fused-ring (bicyclic) bond motifs is 2. The van der Waals surface area contributed by atoms with Crippen molar-refractivity contribution in [2.75, 3.05) is 26.2 Å². The molecule has 0 unspecified atom stereocenters. The van der Waals surface area contributed by atoms with E-state index in [-0.39, 0.29) is 27.6 Å². The van der Waals surface area contributed by atoms with E-state index in [1.165, 1.54) is 0 Å². The number of hydrogen-bond acceptors (Lipinski definition) is 12. The summed E-state index contributed by atoms with van der Waals surface area (Å²) < 4.78 is 20.9. The molecule has 244 valence electrons. The van der Waals surface area contributed by atoms with E-state index in [0.29, 0.717) is 35.1 Å². The van der Waals surface area contributed by atoms with E-state index in [4.69, 9.17) is 66.2 Å². The topological polar surface area (TPSA) is 85.0 Å². The van der Waals surface area contributed by atoms with Gasteiger partial charge in [-0.15, -0.1) is 0 Å². The van der Waals surface area contributed by atoms with E-state index >= 15 is 0 Å². The fraction of sp³-hybridized carbons (Fsp3) is 0.571. The predicted molar refractivity (Wildman–Crippen MR) is 187 cm³/mol. The van der Waals surface area contributed by atoms with E-state index in [9.17, 15) is 0 Å². The fourth-order valence-electron chi connectivity index (χ4n) is 4.98. The second-order valence-electron chi connectivity index (χ2n) is 11.9. The van der Waals surface area contributed by atoms with Gasteiger partial charge < -0.3 is 63.9 Å². The quantitative estimate of drug-likeness (QED) is 0.147. The van der Waals surface area contributed by atoms with Gasteiger partial charge in [-0.05, 0) is 102 Å². The molecular formula is C28H44N4NiO4P2S4. The van der Waals surface area contributed by atoms with Crippen LogP contribution >= 0.6 is 11.4 Å². The maximum atomic E-state index is 5.21. The average molecular weight is 750 g/mol. The summed E-state index contributed by atoms with van der Waals surface area (Å²) in [7, 11) is 0. The Kier molecular flexibility index (Phi) is 15.7. The Morgan fingerprint density at radius 3 is 1.19 bits per heavy atom. The molecule has 0 bridgehead atoms. The minimum Gasteiger partial charge on any atom is -0.665 e. The van der Waals surface area contributed by atoms with E-state index < -0.39 is 11.4 Å². The number of nitrogens with one attached hydrogen (secondary N) is 4. The van der Waals surface area contributed by atoms with Crippen LogP contribution in [0, 0.1) is 0 Å². The third kappa shape index (κ3) is 14.5. The first-order valence-corrected chi connectivity index (χ1v) is 21.4. The maximum Gasteiger partial charge on any atom is 2.00 e. The van der Waals surface area contributed by atoms with Crippen LogP contribution in [-0.2, 0) is 64.6 Å². The Balaban J connectivity index is 0.000000238. The number of para-hydroxylation sites is 4. The van der Waals surface area contributed by atoms with Crippen LogP contribution in [0.25, 0.3) is 0 Å². The van der Waals surface area contributed by atoms with Gasteiger partial charge in [-0.1, -0.05) is 24.3 Å². The van der Waals surface area contributed by atoms with Crippen molar-refractivity contribution in [2.45, 2.75) is 77.5 Å². The molecule has 1 saturated heterocycles. The molecule has 2 aromatic rings. The first-order valence-electron chi connectivity index (χ1n) is 14.1. The van der Waals surface area contributed by atoms with E-state index in [2.05, 4.69) is 62.8 Å². The summed E-state index contributed by atoms with van der Waals surface area (Å²) in [5.41, 5.74) is -4.44. The molecule has 15 heteroatoms. The molecular weight excluding hydrogens is 705 g/mol. The van der Waals surface area contributed by atoms with Gasteiger partial charge in [-0.25, -0.2) is 0 Å². The summed E-state index contributed by atoms with van der Waals surface area (Å²) in [6.45, 7) is 17.8. The molecule has 4 N–H and O–H groups in total. The van der Waals surface area contributed by atoms with Crippen LogP contribution in [0.3, 0.4) is 0 Å². The second kappa shape index (κ2) is 17.2. The van der Waals surface area contributed by atoms with E-state index in [1.807, 2.05) is 24.3 Å². The summed E-state index contributed by atoms with van der Waals surface area (Å²) in [6, 6.07) is 15.7. The molecule has 1 fully saturated rings. The zero-order chi connectivity index (χ0) is 31.0. The third-order valence-electron chi connectivity index (χ3n) is 6.61. The SMILES string of the molecule is C[C@@H]1CC(C)(C)NCCN[C@@H](C)CC(C)(C)NCCN1.S=P1([S-])Oc2ccccc2O1.S=P1([S-])Oc2ccccc2O1.[Ni+2]. The summed E-state index contributed by atoms with van der Waals surface area (Å²) in [5.74, 6) is 2.69. The van der Waals surface area contributed by atoms with Crippen LogP contribution in [0.15, 0.2) is 48.5 Å².